The summed E-state index contributed by atoms with van der Waals surface area (Å²) in [6.07, 6.45) is 2.78. The van der Waals surface area contributed by atoms with E-state index >= 15 is 0 Å². The Balaban J connectivity index is 2.72. The summed E-state index contributed by atoms with van der Waals surface area (Å²) in [7, 11) is 3.17. The predicted octanol–water partition coefficient (Wildman–Crippen LogP) is -0.503. The molecule has 0 radical (unpaired) electrons. The Morgan fingerprint density at radius 1 is 1.26 bits per heavy atom. The Labute approximate surface area is 111 Å². The number of rotatable bonds is 8. The first-order valence-corrected chi connectivity index (χ1v) is 5.78. The zero-order chi connectivity index (χ0) is 14.1. The van der Waals surface area contributed by atoms with Crippen LogP contribution in [0.2, 0.25) is 0 Å². The number of ether oxygens (including phenoxy) is 2. The van der Waals surface area contributed by atoms with Gasteiger partial charge in [0, 0.05) is 27.3 Å². The van der Waals surface area contributed by atoms with Gasteiger partial charge in [-0.25, -0.2) is 15.8 Å². The van der Waals surface area contributed by atoms with Gasteiger partial charge in [-0.15, -0.1) is 0 Å². The first kappa shape index (κ1) is 15.3. The molecule has 0 atom stereocenters. The van der Waals surface area contributed by atoms with Crippen LogP contribution in [-0.2, 0) is 9.47 Å². The Kier molecular flexibility index (Phi) is 6.72. The summed E-state index contributed by atoms with van der Waals surface area (Å²) in [4.78, 5) is 21.8. The minimum Gasteiger partial charge on any atom is -0.383 e. The summed E-state index contributed by atoms with van der Waals surface area (Å²) in [5.41, 5.74) is 2.61. The van der Waals surface area contributed by atoms with Gasteiger partial charge < -0.3 is 19.8 Å². The number of aromatic nitrogens is 2. The quantitative estimate of drug-likeness (QED) is 0.484. The minimum absolute atomic E-state index is 0.217. The van der Waals surface area contributed by atoms with Gasteiger partial charge in [-0.2, -0.15) is 0 Å². The molecule has 106 valence electrons. The molecule has 3 N–H and O–H groups in total. The average molecular weight is 269 g/mol. The van der Waals surface area contributed by atoms with E-state index < -0.39 is 0 Å². The molecule has 1 aromatic rings. The van der Waals surface area contributed by atoms with Gasteiger partial charge in [0.05, 0.1) is 25.6 Å². The Bertz CT molecular complexity index is 376. The molecule has 1 rings (SSSR count). The topological polar surface area (TPSA) is 103 Å². The van der Waals surface area contributed by atoms with E-state index in [9.17, 15) is 4.79 Å². The lowest BCUT2D eigenvalue weighted by Crippen LogP contribution is -2.37. The summed E-state index contributed by atoms with van der Waals surface area (Å²) in [5.74, 6) is 5.37. The number of methoxy groups -OCH3 is 2. The SMILES string of the molecule is COCCN(CCOC)C(=O)c1cnc(NN)cn1. The molecule has 0 aliphatic rings. The monoisotopic (exact) mass is 269 g/mol. The van der Waals surface area contributed by atoms with Gasteiger partial charge in [-0.3, -0.25) is 4.79 Å². The van der Waals surface area contributed by atoms with Crippen molar-refractivity contribution in [1.29, 1.82) is 0 Å². The fourth-order valence-corrected chi connectivity index (χ4v) is 1.39. The molecule has 0 saturated carbocycles. The molecule has 19 heavy (non-hydrogen) atoms. The first-order valence-electron chi connectivity index (χ1n) is 5.78. The maximum Gasteiger partial charge on any atom is 0.274 e. The summed E-state index contributed by atoms with van der Waals surface area (Å²) in [6, 6.07) is 0. The van der Waals surface area contributed by atoms with E-state index in [0.29, 0.717) is 32.1 Å². The van der Waals surface area contributed by atoms with Crippen molar-refractivity contribution in [2.75, 3.05) is 45.9 Å². The van der Waals surface area contributed by atoms with Crippen molar-refractivity contribution in [2.45, 2.75) is 0 Å². The van der Waals surface area contributed by atoms with Crippen LogP contribution in [-0.4, -0.2) is 61.3 Å². The van der Waals surface area contributed by atoms with Crippen LogP contribution in [0, 0.1) is 0 Å². The van der Waals surface area contributed by atoms with Crippen molar-refractivity contribution in [3.63, 3.8) is 0 Å². The van der Waals surface area contributed by atoms with Gasteiger partial charge in [0.15, 0.2) is 5.82 Å². The van der Waals surface area contributed by atoms with Crippen LogP contribution in [0.5, 0.6) is 0 Å². The van der Waals surface area contributed by atoms with Crippen LogP contribution < -0.4 is 11.3 Å². The molecule has 0 bridgehead atoms. The van der Waals surface area contributed by atoms with Crippen LogP contribution in [0.25, 0.3) is 0 Å². The molecule has 0 spiro atoms. The summed E-state index contributed by atoms with van der Waals surface area (Å²) in [6.45, 7) is 1.84. The molecule has 0 saturated heterocycles. The zero-order valence-electron chi connectivity index (χ0n) is 11.1. The maximum absolute atomic E-state index is 12.2. The maximum atomic E-state index is 12.2. The smallest absolute Gasteiger partial charge is 0.274 e. The molecule has 1 heterocycles. The Hall–Kier alpha value is -1.77. The third-order valence-corrected chi connectivity index (χ3v) is 2.44. The second-order valence-electron chi connectivity index (χ2n) is 3.71. The number of nitrogens with zero attached hydrogens (tertiary/aromatic N) is 3. The van der Waals surface area contributed by atoms with Crippen LogP contribution in [0.1, 0.15) is 10.5 Å². The third-order valence-electron chi connectivity index (χ3n) is 2.44. The van der Waals surface area contributed by atoms with Gasteiger partial charge in [0.1, 0.15) is 5.69 Å². The standard InChI is InChI=1S/C11H19N5O3/c1-18-5-3-16(4-6-19-2)11(17)9-7-14-10(15-12)8-13-9/h7-8H,3-6,12H2,1-2H3,(H,14,15). The highest BCUT2D eigenvalue weighted by atomic mass is 16.5. The normalized spacial score (nSPS) is 10.3. The molecular formula is C11H19N5O3. The molecule has 8 heteroatoms. The Morgan fingerprint density at radius 2 is 1.89 bits per heavy atom. The second-order valence-corrected chi connectivity index (χ2v) is 3.71. The van der Waals surface area contributed by atoms with Crippen molar-refractivity contribution < 1.29 is 14.3 Å². The number of hydrogen-bond acceptors (Lipinski definition) is 7. The lowest BCUT2D eigenvalue weighted by Gasteiger charge is -2.21. The molecule has 0 fully saturated rings. The Morgan fingerprint density at radius 3 is 2.32 bits per heavy atom. The van der Waals surface area contributed by atoms with E-state index in [1.165, 1.54) is 12.4 Å². The summed E-state index contributed by atoms with van der Waals surface area (Å²) < 4.78 is 9.96. The van der Waals surface area contributed by atoms with Crippen molar-refractivity contribution in [3.8, 4) is 0 Å². The lowest BCUT2D eigenvalue weighted by molar-refractivity contribution is 0.0621. The second kappa shape index (κ2) is 8.35. The zero-order valence-corrected chi connectivity index (χ0v) is 11.1. The van der Waals surface area contributed by atoms with Gasteiger partial charge in [-0.1, -0.05) is 0 Å². The number of nitrogens with two attached hydrogens (primary N) is 1. The van der Waals surface area contributed by atoms with Crippen molar-refractivity contribution in [3.05, 3.63) is 18.1 Å². The number of anilines is 1. The summed E-state index contributed by atoms with van der Waals surface area (Å²) in [5, 5.41) is 0. The number of nitrogen functional groups attached to an aromatic ring is 1. The van der Waals surface area contributed by atoms with Crippen molar-refractivity contribution in [1.82, 2.24) is 14.9 Å². The predicted molar refractivity (Wildman–Crippen MR) is 69.5 cm³/mol. The van der Waals surface area contributed by atoms with E-state index in [4.69, 9.17) is 15.3 Å². The fraction of sp³-hybridized carbons (Fsp3) is 0.545. The van der Waals surface area contributed by atoms with E-state index in [1.54, 1.807) is 19.1 Å². The van der Waals surface area contributed by atoms with E-state index in [-0.39, 0.29) is 11.6 Å². The molecule has 1 amide bonds. The van der Waals surface area contributed by atoms with Crippen LogP contribution in [0.3, 0.4) is 0 Å². The van der Waals surface area contributed by atoms with E-state index in [2.05, 4.69) is 15.4 Å². The van der Waals surface area contributed by atoms with Gasteiger partial charge >= 0.3 is 0 Å². The number of nitrogens with one attached hydrogen (secondary N) is 1. The number of amides is 1. The van der Waals surface area contributed by atoms with E-state index in [0.717, 1.165) is 0 Å². The van der Waals surface area contributed by atoms with Crippen LogP contribution >= 0.6 is 0 Å². The van der Waals surface area contributed by atoms with Crippen molar-refractivity contribution in [2.24, 2.45) is 5.84 Å². The van der Waals surface area contributed by atoms with Crippen LogP contribution in [0.4, 0.5) is 5.82 Å². The van der Waals surface area contributed by atoms with E-state index in [1.807, 2.05) is 0 Å². The largest absolute Gasteiger partial charge is 0.383 e. The molecular weight excluding hydrogens is 250 g/mol. The molecule has 1 aromatic heterocycles. The highest BCUT2D eigenvalue weighted by Crippen LogP contribution is 2.03. The first-order chi connectivity index (χ1) is 9.22. The third kappa shape index (κ3) is 4.78. The van der Waals surface area contributed by atoms with Gasteiger partial charge in [-0.05, 0) is 0 Å². The number of carbonyl (C=O) groups is 1. The van der Waals surface area contributed by atoms with Gasteiger partial charge in [0.2, 0.25) is 0 Å². The molecule has 0 aromatic carbocycles. The summed E-state index contributed by atoms with van der Waals surface area (Å²) >= 11 is 0. The number of carbonyl (C=O) groups excluding carboxylic acids is 1. The molecule has 0 aliphatic heterocycles. The highest BCUT2D eigenvalue weighted by Gasteiger charge is 2.17. The minimum atomic E-state index is -0.217. The van der Waals surface area contributed by atoms with Crippen molar-refractivity contribution >= 4 is 11.7 Å². The van der Waals surface area contributed by atoms with Crippen LogP contribution in [0.15, 0.2) is 12.4 Å². The lowest BCUT2D eigenvalue weighted by atomic mass is 10.3. The number of hydrazine groups is 1. The molecule has 8 nitrogen and oxygen atoms in total. The highest BCUT2D eigenvalue weighted by molar-refractivity contribution is 5.92. The average Bonchev–Trinajstić information content (AvgIpc) is 2.47. The number of hydrogen-bond donors (Lipinski definition) is 2. The fourth-order valence-electron chi connectivity index (χ4n) is 1.39. The van der Waals surface area contributed by atoms with Gasteiger partial charge in [0.25, 0.3) is 5.91 Å². The molecule has 0 unspecified atom stereocenters. The molecule has 0 aliphatic carbocycles.